The molecule has 0 bridgehead atoms. The van der Waals surface area contributed by atoms with Crippen LogP contribution >= 0.6 is 19.7 Å². The summed E-state index contributed by atoms with van der Waals surface area (Å²) in [5.74, 6) is 0. The van der Waals surface area contributed by atoms with Crippen LogP contribution in [0.3, 0.4) is 0 Å². The predicted octanol–water partition coefficient (Wildman–Crippen LogP) is 5.55. The van der Waals surface area contributed by atoms with Gasteiger partial charge in [0.1, 0.15) is 0 Å². The van der Waals surface area contributed by atoms with E-state index in [-0.39, 0.29) is 0 Å². The fraction of sp³-hybridized carbons (Fsp3) is 0.370. The van der Waals surface area contributed by atoms with Crippen LogP contribution < -0.4 is 10.6 Å². The number of hydrazone groups is 1. The summed E-state index contributed by atoms with van der Waals surface area (Å²) in [5.41, 5.74) is 2.95. The summed E-state index contributed by atoms with van der Waals surface area (Å²) in [6.07, 6.45) is 10.0. The Hall–Kier alpha value is -1.87. The number of nitrogens with zero attached hydrogens (tertiary/aromatic N) is 2. The van der Waals surface area contributed by atoms with Gasteiger partial charge in [-0.1, -0.05) is 79.7 Å². The number of hydrogen-bond donors (Lipinski definition) is 0. The summed E-state index contributed by atoms with van der Waals surface area (Å²) in [5, 5.41) is 10.5. The first-order valence-corrected chi connectivity index (χ1v) is 14.0. The Bertz CT molecular complexity index is 934. The van der Waals surface area contributed by atoms with Crippen LogP contribution in [0, 0.1) is 0 Å². The lowest BCUT2D eigenvalue weighted by Crippen LogP contribution is -2.33. The van der Waals surface area contributed by atoms with Gasteiger partial charge in [-0.3, -0.25) is 5.01 Å². The van der Waals surface area contributed by atoms with E-state index >= 15 is 0 Å². The number of ether oxygens (including phenoxy) is 1. The van der Waals surface area contributed by atoms with Crippen molar-refractivity contribution in [3.63, 3.8) is 0 Å². The van der Waals surface area contributed by atoms with Crippen LogP contribution in [0.4, 0.5) is 0 Å². The topological polar surface area (TPSA) is 24.8 Å². The zero-order valence-electron chi connectivity index (χ0n) is 19.3. The lowest BCUT2D eigenvalue weighted by Gasteiger charge is -2.30. The number of allylic oxidation sites excluding steroid dienone is 3. The minimum absolute atomic E-state index is 0.302. The molecular weight excluding hydrogens is 431 g/mol. The Morgan fingerprint density at radius 3 is 2.38 bits per heavy atom. The number of methoxy groups -OCH3 is 1. The van der Waals surface area contributed by atoms with Crippen LogP contribution in [-0.2, 0) is 4.74 Å². The number of thioether (sulfide) groups is 1. The predicted molar refractivity (Wildman–Crippen MR) is 142 cm³/mol. The second-order valence-electron chi connectivity index (χ2n) is 8.27. The van der Waals surface area contributed by atoms with E-state index in [1.807, 2.05) is 11.8 Å². The van der Waals surface area contributed by atoms with Gasteiger partial charge >= 0.3 is 0 Å². The van der Waals surface area contributed by atoms with Crippen molar-refractivity contribution in [1.82, 2.24) is 5.01 Å². The summed E-state index contributed by atoms with van der Waals surface area (Å²) in [4.78, 5) is 1.36. The third kappa shape index (κ3) is 5.20. The highest BCUT2D eigenvalue weighted by Gasteiger charge is 2.31. The van der Waals surface area contributed by atoms with Crippen LogP contribution in [-0.4, -0.2) is 48.9 Å². The Balaban J connectivity index is 1.79. The summed E-state index contributed by atoms with van der Waals surface area (Å²) in [6, 6.07) is 22.4. The maximum atomic E-state index is 5.52. The van der Waals surface area contributed by atoms with E-state index in [1.54, 1.807) is 7.11 Å². The van der Waals surface area contributed by atoms with Crippen molar-refractivity contribution in [3.8, 4) is 0 Å². The molecule has 0 aromatic heterocycles. The molecule has 0 N–H and O–H groups in total. The lowest BCUT2D eigenvalue weighted by molar-refractivity contribution is 0.118. The Morgan fingerprint density at radius 2 is 1.78 bits per heavy atom. The van der Waals surface area contributed by atoms with E-state index in [1.165, 1.54) is 33.2 Å². The minimum atomic E-state index is -0.594. The fourth-order valence-electron chi connectivity index (χ4n) is 4.65. The van der Waals surface area contributed by atoms with E-state index in [0.29, 0.717) is 11.7 Å². The van der Waals surface area contributed by atoms with Gasteiger partial charge in [0.2, 0.25) is 0 Å². The summed E-state index contributed by atoms with van der Waals surface area (Å²) >= 11 is 1.83. The highest BCUT2D eigenvalue weighted by Crippen LogP contribution is 2.43. The molecule has 5 heteroatoms. The van der Waals surface area contributed by atoms with Crippen LogP contribution in [0.5, 0.6) is 0 Å². The van der Waals surface area contributed by atoms with Gasteiger partial charge in [-0.05, 0) is 49.6 Å². The molecule has 2 aromatic rings. The highest BCUT2D eigenvalue weighted by atomic mass is 32.2. The van der Waals surface area contributed by atoms with Crippen molar-refractivity contribution >= 4 is 36.0 Å². The number of benzene rings is 2. The Kier molecular flexibility index (Phi) is 8.24. The summed E-state index contributed by atoms with van der Waals surface area (Å²) in [6.45, 7) is 4.13. The zero-order chi connectivity index (χ0) is 22.3. The highest BCUT2D eigenvalue weighted by molar-refractivity contribution is 8.02. The molecule has 3 nitrogen and oxygen atoms in total. The molecule has 0 saturated carbocycles. The molecule has 0 amide bonds. The molecular formula is C27H33N2OPS. The average molecular weight is 465 g/mol. The molecule has 2 aliphatic rings. The molecule has 32 heavy (non-hydrogen) atoms. The third-order valence-corrected chi connectivity index (χ3v) is 9.76. The number of rotatable bonds is 9. The van der Waals surface area contributed by atoms with Crippen LogP contribution in [0.15, 0.2) is 88.4 Å². The lowest BCUT2D eigenvalue weighted by atomic mass is 10.1. The molecule has 1 heterocycles. The van der Waals surface area contributed by atoms with E-state index in [2.05, 4.69) is 91.0 Å². The van der Waals surface area contributed by atoms with Gasteiger partial charge in [-0.2, -0.15) is 5.10 Å². The largest absolute Gasteiger partial charge is 0.382 e. The molecule has 1 fully saturated rings. The van der Waals surface area contributed by atoms with Gasteiger partial charge in [-0.15, -0.1) is 11.8 Å². The first kappa shape index (κ1) is 23.3. The molecule has 2 aromatic carbocycles. The third-order valence-electron chi connectivity index (χ3n) is 6.21. The zero-order valence-corrected chi connectivity index (χ0v) is 21.0. The fourth-order valence-corrected chi connectivity index (χ4v) is 7.95. The van der Waals surface area contributed by atoms with Crippen molar-refractivity contribution in [2.75, 3.05) is 26.5 Å². The first-order chi connectivity index (χ1) is 15.7. The van der Waals surface area contributed by atoms with Crippen LogP contribution in [0.25, 0.3) is 0 Å². The maximum absolute atomic E-state index is 5.52. The Labute approximate surface area is 198 Å². The summed E-state index contributed by atoms with van der Waals surface area (Å²) in [7, 11) is 1.20. The van der Waals surface area contributed by atoms with Gasteiger partial charge in [0.15, 0.2) is 0 Å². The molecule has 0 radical (unpaired) electrons. The van der Waals surface area contributed by atoms with Gasteiger partial charge < -0.3 is 4.74 Å². The smallest absolute Gasteiger partial charge is 0.0728 e. The Morgan fingerprint density at radius 1 is 1.12 bits per heavy atom. The van der Waals surface area contributed by atoms with Crippen molar-refractivity contribution in [2.45, 2.75) is 37.9 Å². The average Bonchev–Trinajstić information content (AvgIpc) is 3.48. The molecule has 4 rings (SSSR count). The quantitative estimate of drug-likeness (QED) is 0.359. The maximum Gasteiger partial charge on any atom is 0.0728 e. The molecule has 2 unspecified atom stereocenters. The van der Waals surface area contributed by atoms with Crippen molar-refractivity contribution in [1.29, 1.82) is 0 Å². The standard InChI is InChI=1S/C27H33N2OPS/c1-21(31(23-13-6-4-7-14-23)24-15-8-5-9-16-24)27(25-17-10-18-26(25)32-3)28-29-19-11-12-22(29)20-30-2/h4-10,13-16,18,21-22H,11-12,17,19-20H2,1-3H3/b28-27+. The molecule has 1 aliphatic heterocycles. The van der Waals surface area contributed by atoms with Crippen LogP contribution in [0.2, 0.25) is 0 Å². The van der Waals surface area contributed by atoms with E-state index in [4.69, 9.17) is 9.84 Å². The monoisotopic (exact) mass is 464 g/mol. The van der Waals surface area contributed by atoms with E-state index < -0.39 is 7.92 Å². The first-order valence-electron chi connectivity index (χ1n) is 11.4. The molecule has 2 atom stereocenters. The molecule has 1 aliphatic carbocycles. The molecule has 0 spiro atoms. The van der Waals surface area contributed by atoms with Gasteiger partial charge in [0, 0.05) is 24.2 Å². The second-order valence-corrected chi connectivity index (χ2v) is 11.7. The second kappa shape index (κ2) is 11.3. The van der Waals surface area contributed by atoms with E-state index in [9.17, 15) is 0 Å². The SMILES string of the molecule is COCC1CCCN1/N=C(/C1=C(SC)C=CC1)C(C)P(c1ccccc1)c1ccccc1. The van der Waals surface area contributed by atoms with E-state index in [0.717, 1.165) is 26.0 Å². The van der Waals surface area contributed by atoms with Crippen LogP contribution in [0.1, 0.15) is 26.2 Å². The van der Waals surface area contributed by atoms with Crippen molar-refractivity contribution in [3.05, 3.63) is 83.3 Å². The van der Waals surface area contributed by atoms with Crippen molar-refractivity contribution < 1.29 is 4.74 Å². The van der Waals surface area contributed by atoms with Gasteiger partial charge in [-0.25, -0.2) is 0 Å². The minimum Gasteiger partial charge on any atom is -0.382 e. The summed E-state index contributed by atoms with van der Waals surface area (Å²) < 4.78 is 5.52. The van der Waals surface area contributed by atoms with Gasteiger partial charge in [0.05, 0.1) is 18.4 Å². The van der Waals surface area contributed by atoms with Gasteiger partial charge in [0.25, 0.3) is 0 Å². The normalized spacial score (nSPS) is 19.9. The molecule has 1 saturated heterocycles. The number of hydrogen-bond acceptors (Lipinski definition) is 4. The molecule has 168 valence electrons. The van der Waals surface area contributed by atoms with Crippen molar-refractivity contribution in [2.24, 2.45) is 5.10 Å².